The van der Waals surface area contributed by atoms with Crippen LogP contribution in [0.15, 0.2) is 18.2 Å². The number of nitrogens with zero attached hydrogens (tertiary/aromatic N) is 1. The minimum atomic E-state index is -3.02. The zero-order chi connectivity index (χ0) is 17.0. The summed E-state index contributed by atoms with van der Waals surface area (Å²) in [6.45, 7) is 4.27. The number of carbonyl (C=O) groups is 1. The van der Waals surface area contributed by atoms with Crippen molar-refractivity contribution in [1.82, 2.24) is 4.90 Å². The van der Waals surface area contributed by atoms with Gasteiger partial charge in [-0.1, -0.05) is 18.5 Å². The number of hydrogen-bond donors (Lipinski definition) is 0. The van der Waals surface area contributed by atoms with E-state index in [1.54, 1.807) is 23.1 Å². The molecular formula is C16H22ClNO4S. The fraction of sp³-hybridized carbons (Fsp3) is 0.562. The smallest absolute Gasteiger partial charge is 0.260 e. The van der Waals surface area contributed by atoms with Gasteiger partial charge in [0.05, 0.1) is 11.5 Å². The molecule has 2 rings (SSSR count). The molecule has 1 aliphatic heterocycles. The van der Waals surface area contributed by atoms with Crippen LogP contribution in [0.3, 0.4) is 0 Å². The van der Waals surface area contributed by atoms with Crippen molar-refractivity contribution in [3.05, 3.63) is 28.8 Å². The molecule has 0 aliphatic carbocycles. The third-order valence-electron chi connectivity index (χ3n) is 3.93. The average molecular weight is 360 g/mol. The Morgan fingerprint density at radius 3 is 2.74 bits per heavy atom. The van der Waals surface area contributed by atoms with Gasteiger partial charge in [-0.05, 0) is 43.5 Å². The summed E-state index contributed by atoms with van der Waals surface area (Å²) in [5.74, 6) is 0.610. The molecule has 5 nitrogen and oxygen atoms in total. The molecule has 0 N–H and O–H groups in total. The SMILES string of the molecule is CCCN(C(=O)COc1ccc(Cl)c(C)c1)C1CCS(=O)(=O)C1. The van der Waals surface area contributed by atoms with Gasteiger partial charge in [0.2, 0.25) is 0 Å². The number of rotatable bonds is 6. The third-order valence-corrected chi connectivity index (χ3v) is 6.10. The van der Waals surface area contributed by atoms with E-state index >= 15 is 0 Å². The molecule has 1 atom stereocenters. The molecule has 1 unspecified atom stereocenters. The zero-order valence-electron chi connectivity index (χ0n) is 13.4. The Morgan fingerprint density at radius 2 is 2.17 bits per heavy atom. The van der Waals surface area contributed by atoms with Crippen LogP contribution in [-0.4, -0.2) is 49.9 Å². The summed E-state index contributed by atoms with van der Waals surface area (Å²) in [7, 11) is -3.02. The Morgan fingerprint density at radius 1 is 1.43 bits per heavy atom. The van der Waals surface area contributed by atoms with Crippen molar-refractivity contribution in [2.24, 2.45) is 0 Å². The van der Waals surface area contributed by atoms with E-state index in [1.165, 1.54) is 0 Å². The molecule has 0 bridgehead atoms. The Balaban J connectivity index is 1.99. The lowest BCUT2D eigenvalue weighted by molar-refractivity contribution is -0.135. The number of ether oxygens (including phenoxy) is 1. The fourth-order valence-electron chi connectivity index (χ4n) is 2.71. The first-order valence-corrected chi connectivity index (χ1v) is 9.91. The molecule has 23 heavy (non-hydrogen) atoms. The summed E-state index contributed by atoms with van der Waals surface area (Å²) in [4.78, 5) is 14.1. The summed E-state index contributed by atoms with van der Waals surface area (Å²) < 4.78 is 28.8. The van der Waals surface area contributed by atoms with Gasteiger partial charge in [-0.2, -0.15) is 0 Å². The van der Waals surface area contributed by atoms with Crippen molar-refractivity contribution in [3.8, 4) is 5.75 Å². The van der Waals surface area contributed by atoms with E-state index in [0.717, 1.165) is 12.0 Å². The molecule has 1 heterocycles. The first kappa shape index (κ1) is 18.1. The monoisotopic (exact) mass is 359 g/mol. The van der Waals surface area contributed by atoms with Crippen LogP contribution in [0.4, 0.5) is 0 Å². The van der Waals surface area contributed by atoms with E-state index in [-0.39, 0.29) is 30.1 Å². The Kier molecular flexibility index (Phi) is 5.92. The molecule has 7 heteroatoms. The number of benzene rings is 1. The summed E-state index contributed by atoms with van der Waals surface area (Å²) in [6, 6.07) is 4.99. The van der Waals surface area contributed by atoms with Crippen molar-refractivity contribution in [3.63, 3.8) is 0 Å². The third kappa shape index (κ3) is 4.85. The lowest BCUT2D eigenvalue weighted by Gasteiger charge is -2.27. The number of aryl methyl sites for hydroxylation is 1. The fourth-order valence-corrected chi connectivity index (χ4v) is 4.56. The number of amides is 1. The Labute approximate surface area is 142 Å². The molecule has 1 amide bonds. The highest BCUT2D eigenvalue weighted by Crippen LogP contribution is 2.22. The highest BCUT2D eigenvalue weighted by Gasteiger charge is 2.34. The van der Waals surface area contributed by atoms with Crippen LogP contribution in [0.5, 0.6) is 5.75 Å². The number of hydrogen-bond acceptors (Lipinski definition) is 4. The van der Waals surface area contributed by atoms with Crippen LogP contribution in [0.1, 0.15) is 25.3 Å². The zero-order valence-corrected chi connectivity index (χ0v) is 15.0. The second-order valence-electron chi connectivity index (χ2n) is 5.84. The molecule has 0 aromatic heterocycles. The van der Waals surface area contributed by atoms with Gasteiger partial charge in [0, 0.05) is 17.6 Å². The number of sulfone groups is 1. The highest BCUT2D eigenvalue weighted by molar-refractivity contribution is 7.91. The molecule has 1 aromatic rings. The van der Waals surface area contributed by atoms with Gasteiger partial charge in [-0.15, -0.1) is 0 Å². The van der Waals surface area contributed by atoms with E-state index in [4.69, 9.17) is 16.3 Å². The highest BCUT2D eigenvalue weighted by atomic mass is 35.5. The minimum Gasteiger partial charge on any atom is -0.484 e. The summed E-state index contributed by atoms with van der Waals surface area (Å²) in [5.41, 5.74) is 0.879. The molecule has 1 saturated heterocycles. The number of halogens is 1. The van der Waals surface area contributed by atoms with Crippen molar-refractivity contribution in [2.75, 3.05) is 24.7 Å². The quantitative estimate of drug-likeness (QED) is 0.782. The second kappa shape index (κ2) is 7.53. The minimum absolute atomic E-state index is 0.0544. The van der Waals surface area contributed by atoms with Crippen molar-refractivity contribution in [1.29, 1.82) is 0 Å². The van der Waals surface area contributed by atoms with E-state index in [9.17, 15) is 13.2 Å². The first-order valence-electron chi connectivity index (χ1n) is 7.71. The predicted molar refractivity (Wildman–Crippen MR) is 90.7 cm³/mol. The maximum Gasteiger partial charge on any atom is 0.260 e. The Bertz CT molecular complexity index is 675. The van der Waals surface area contributed by atoms with Gasteiger partial charge in [0.25, 0.3) is 5.91 Å². The summed E-state index contributed by atoms with van der Waals surface area (Å²) in [6.07, 6.45) is 1.29. The van der Waals surface area contributed by atoms with Crippen LogP contribution in [0.25, 0.3) is 0 Å². The van der Waals surface area contributed by atoms with Gasteiger partial charge in [0.15, 0.2) is 16.4 Å². The van der Waals surface area contributed by atoms with Crippen LogP contribution >= 0.6 is 11.6 Å². The van der Waals surface area contributed by atoms with E-state index in [0.29, 0.717) is 23.7 Å². The Hall–Kier alpha value is -1.27. The summed E-state index contributed by atoms with van der Waals surface area (Å²) >= 11 is 5.96. The van der Waals surface area contributed by atoms with E-state index in [1.807, 2.05) is 13.8 Å². The summed E-state index contributed by atoms with van der Waals surface area (Å²) in [5, 5.41) is 0.646. The first-order chi connectivity index (χ1) is 10.8. The normalized spacial score (nSPS) is 19.5. The van der Waals surface area contributed by atoms with Crippen LogP contribution in [0.2, 0.25) is 5.02 Å². The predicted octanol–water partition coefficient (Wildman–Crippen LogP) is 2.45. The second-order valence-corrected chi connectivity index (χ2v) is 8.48. The van der Waals surface area contributed by atoms with Crippen molar-refractivity contribution < 1.29 is 17.9 Å². The van der Waals surface area contributed by atoms with Crippen molar-refractivity contribution >= 4 is 27.3 Å². The largest absolute Gasteiger partial charge is 0.484 e. The van der Waals surface area contributed by atoms with Crippen LogP contribution in [-0.2, 0) is 14.6 Å². The molecule has 1 aliphatic rings. The van der Waals surface area contributed by atoms with Gasteiger partial charge < -0.3 is 9.64 Å². The van der Waals surface area contributed by atoms with Crippen LogP contribution < -0.4 is 4.74 Å². The average Bonchev–Trinajstić information content (AvgIpc) is 2.85. The van der Waals surface area contributed by atoms with Gasteiger partial charge in [-0.25, -0.2) is 8.42 Å². The van der Waals surface area contributed by atoms with Gasteiger partial charge >= 0.3 is 0 Å². The van der Waals surface area contributed by atoms with Gasteiger partial charge in [0.1, 0.15) is 5.75 Å². The standard InChI is InChI=1S/C16H22ClNO4S/c1-3-7-18(13-6-8-23(20,21)11-13)16(19)10-22-14-4-5-15(17)12(2)9-14/h4-5,9,13H,3,6-8,10-11H2,1-2H3. The topological polar surface area (TPSA) is 63.7 Å². The molecule has 128 valence electrons. The van der Waals surface area contributed by atoms with E-state index in [2.05, 4.69) is 0 Å². The maximum absolute atomic E-state index is 12.4. The number of carbonyl (C=O) groups excluding carboxylic acids is 1. The lowest BCUT2D eigenvalue weighted by atomic mass is 10.2. The molecule has 0 saturated carbocycles. The van der Waals surface area contributed by atoms with E-state index < -0.39 is 9.84 Å². The lowest BCUT2D eigenvalue weighted by Crippen LogP contribution is -2.44. The van der Waals surface area contributed by atoms with Crippen molar-refractivity contribution in [2.45, 2.75) is 32.7 Å². The molecule has 0 radical (unpaired) electrons. The van der Waals surface area contributed by atoms with Gasteiger partial charge in [-0.3, -0.25) is 4.79 Å². The van der Waals surface area contributed by atoms with Crippen LogP contribution in [0, 0.1) is 6.92 Å². The molecular weight excluding hydrogens is 338 g/mol. The maximum atomic E-state index is 12.4. The molecule has 0 spiro atoms. The molecule has 1 aromatic carbocycles. The molecule has 1 fully saturated rings.